The number of carbonyl (C=O) groups excluding carboxylic acids is 1. The molecule has 2 N–H and O–H groups in total. The minimum atomic E-state index is -4.63. The van der Waals surface area contributed by atoms with E-state index in [2.05, 4.69) is 20.6 Å². The van der Waals surface area contributed by atoms with Gasteiger partial charge < -0.3 is 19.8 Å². The van der Waals surface area contributed by atoms with Crippen LogP contribution in [0.3, 0.4) is 0 Å². The van der Waals surface area contributed by atoms with E-state index in [-0.39, 0.29) is 5.69 Å². The Balaban J connectivity index is 1.65. The SMILES string of the molecule is CCOc1cc2nc(C3CCNC3)cn2cc1NC(=O)c1cccc(C(F)(F)F)n1. The first-order valence-electron chi connectivity index (χ1n) is 9.57. The van der Waals surface area contributed by atoms with Crippen LogP contribution in [-0.2, 0) is 6.18 Å². The van der Waals surface area contributed by atoms with Crippen molar-refractivity contribution in [3.8, 4) is 5.75 Å². The number of imidazole rings is 1. The summed E-state index contributed by atoms with van der Waals surface area (Å²) < 4.78 is 46.1. The number of anilines is 1. The zero-order valence-corrected chi connectivity index (χ0v) is 16.2. The smallest absolute Gasteiger partial charge is 0.433 e. The molecule has 10 heteroatoms. The maximum absolute atomic E-state index is 12.9. The Hall–Kier alpha value is -3.14. The highest BCUT2D eigenvalue weighted by molar-refractivity contribution is 6.03. The van der Waals surface area contributed by atoms with E-state index in [9.17, 15) is 18.0 Å². The molecule has 4 heterocycles. The molecule has 0 aliphatic carbocycles. The van der Waals surface area contributed by atoms with Crippen molar-refractivity contribution in [2.24, 2.45) is 0 Å². The molecule has 0 bridgehead atoms. The monoisotopic (exact) mass is 419 g/mol. The Labute approximate surface area is 170 Å². The summed E-state index contributed by atoms with van der Waals surface area (Å²) in [6.07, 6.45) is -0.105. The predicted octanol–water partition coefficient (Wildman–Crippen LogP) is 3.48. The highest BCUT2D eigenvalue weighted by Gasteiger charge is 2.33. The van der Waals surface area contributed by atoms with Crippen LogP contribution in [0, 0.1) is 0 Å². The summed E-state index contributed by atoms with van der Waals surface area (Å²) in [5, 5.41) is 5.91. The molecule has 1 amide bonds. The highest BCUT2D eigenvalue weighted by atomic mass is 19.4. The topological polar surface area (TPSA) is 80.5 Å². The molecule has 0 spiro atoms. The molecule has 0 radical (unpaired) electrons. The van der Waals surface area contributed by atoms with Gasteiger partial charge in [0.05, 0.1) is 12.3 Å². The van der Waals surface area contributed by atoms with Gasteiger partial charge in [-0.1, -0.05) is 6.07 Å². The Bertz CT molecular complexity index is 1070. The number of amides is 1. The summed E-state index contributed by atoms with van der Waals surface area (Å²) in [5.74, 6) is -0.0680. The van der Waals surface area contributed by atoms with Gasteiger partial charge >= 0.3 is 6.18 Å². The van der Waals surface area contributed by atoms with Crippen LogP contribution in [-0.4, -0.2) is 40.0 Å². The van der Waals surface area contributed by atoms with Gasteiger partial charge in [0.25, 0.3) is 5.91 Å². The Morgan fingerprint density at radius 3 is 2.87 bits per heavy atom. The van der Waals surface area contributed by atoms with Crippen molar-refractivity contribution in [1.82, 2.24) is 19.7 Å². The van der Waals surface area contributed by atoms with E-state index in [1.807, 2.05) is 6.20 Å². The van der Waals surface area contributed by atoms with E-state index >= 15 is 0 Å². The van der Waals surface area contributed by atoms with Crippen LogP contribution in [0.25, 0.3) is 5.65 Å². The Kier molecular flexibility index (Phi) is 5.33. The summed E-state index contributed by atoms with van der Waals surface area (Å²) in [6.45, 7) is 3.94. The van der Waals surface area contributed by atoms with Crippen LogP contribution in [0.4, 0.5) is 18.9 Å². The van der Waals surface area contributed by atoms with Gasteiger partial charge in [0.1, 0.15) is 28.5 Å². The normalized spacial score (nSPS) is 16.7. The van der Waals surface area contributed by atoms with Crippen molar-refractivity contribution in [3.05, 3.63) is 53.7 Å². The number of hydrogen-bond acceptors (Lipinski definition) is 5. The van der Waals surface area contributed by atoms with Gasteiger partial charge in [0.15, 0.2) is 0 Å². The van der Waals surface area contributed by atoms with Gasteiger partial charge in [-0.25, -0.2) is 9.97 Å². The van der Waals surface area contributed by atoms with E-state index in [1.165, 1.54) is 6.07 Å². The fourth-order valence-electron chi connectivity index (χ4n) is 3.41. The zero-order chi connectivity index (χ0) is 21.3. The van der Waals surface area contributed by atoms with Crippen LogP contribution in [0.5, 0.6) is 5.75 Å². The quantitative estimate of drug-likeness (QED) is 0.662. The van der Waals surface area contributed by atoms with Crippen molar-refractivity contribution < 1.29 is 22.7 Å². The predicted molar refractivity (Wildman–Crippen MR) is 104 cm³/mol. The van der Waals surface area contributed by atoms with Gasteiger partial charge in [0, 0.05) is 30.9 Å². The molecule has 3 aromatic heterocycles. The molecule has 158 valence electrons. The average molecular weight is 419 g/mol. The summed E-state index contributed by atoms with van der Waals surface area (Å²) in [7, 11) is 0. The van der Waals surface area contributed by atoms with E-state index in [0.717, 1.165) is 37.3 Å². The first kappa shape index (κ1) is 20.1. The molecular formula is C20H20F3N5O2. The molecule has 0 aromatic carbocycles. The standard InChI is InChI=1S/C20H20F3N5O2/c1-2-30-16-8-18-26-14(12-6-7-24-9-12)10-28(18)11-15(16)27-19(29)13-4-3-5-17(25-13)20(21,22)23/h3-5,8,10-12,24H,2,6-7,9H2,1H3,(H,27,29). The van der Waals surface area contributed by atoms with E-state index in [0.29, 0.717) is 29.6 Å². The van der Waals surface area contributed by atoms with Gasteiger partial charge in [-0.05, 0) is 32.0 Å². The fourth-order valence-corrected chi connectivity index (χ4v) is 3.41. The largest absolute Gasteiger partial charge is 0.491 e. The van der Waals surface area contributed by atoms with Crippen LogP contribution in [0.2, 0.25) is 0 Å². The van der Waals surface area contributed by atoms with E-state index in [1.54, 1.807) is 23.6 Å². The lowest BCUT2D eigenvalue weighted by molar-refractivity contribution is -0.141. The number of aromatic nitrogens is 3. The lowest BCUT2D eigenvalue weighted by atomic mass is 10.1. The second kappa shape index (κ2) is 7.94. The molecule has 3 aromatic rings. The third-order valence-corrected chi connectivity index (χ3v) is 4.87. The van der Waals surface area contributed by atoms with E-state index < -0.39 is 17.8 Å². The first-order valence-corrected chi connectivity index (χ1v) is 9.57. The summed E-state index contributed by atoms with van der Waals surface area (Å²) in [6, 6.07) is 4.89. The third kappa shape index (κ3) is 4.09. The molecule has 1 fully saturated rings. The average Bonchev–Trinajstić information content (AvgIpc) is 3.37. The molecule has 30 heavy (non-hydrogen) atoms. The Morgan fingerprint density at radius 2 is 2.17 bits per heavy atom. The van der Waals surface area contributed by atoms with Gasteiger partial charge in [-0.3, -0.25) is 4.79 Å². The summed E-state index contributed by atoms with van der Waals surface area (Å²) >= 11 is 0. The minimum absolute atomic E-state index is 0.313. The number of rotatable bonds is 5. The van der Waals surface area contributed by atoms with Gasteiger partial charge in [-0.2, -0.15) is 13.2 Å². The van der Waals surface area contributed by atoms with Crippen LogP contribution >= 0.6 is 0 Å². The van der Waals surface area contributed by atoms with Gasteiger partial charge in [-0.15, -0.1) is 0 Å². The maximum Gasteiger partial charge on any atom is 0.433 e. The molecule has 1 unspecified atom stereocenters. The Morgan fingerprint density at radius 1 is 1.33 bits per heavy atom. The zero-order valence-electron chi connectivity index (χ0n) is 16.2. The lowest BCUT2D eigenvalue weighted by Gasteiger charge is -2.12. The summed E-state index contributed by atoms with van der Waals surface area (Å²) in [5.41, 5.74) is 0.457. The molecule has 1 saturated heterocycles. The first-order chi connectivity index (χ1) is 14.3. The fraction of sp³-hybridized carbons (Fsp3) is 0.350. The number of alkyl halides is 3. The number of carbonyl (C=O) groups is 1. The second-order valence-electron chi connectivity index (χ2n) is 6.97. The second-order valence-corrected chi connectivity index (χ2v) is 6.97. The van der Waals surface area contributed by atoms with Crippen molar-refractivity contribution in [1.29, 1.82) is 0 Å². The molecule has 7 nitrogen and oxygen atoms in total. The number of hydrogen-bond donors (Lipinski definition) is 2. The van der Waals surface area contributed by atoms with Crippen LogP contribution in [0.1, 0.15) is 41.1 Å². The molecule has 1 aliphatic heterocycles. The van der Waals surface area contributed by atoms with Crippen molar-refractivity contribution in [2.75, 3.05) is 25.0 Å². The van der Waals surface area contributed by atoms with Gasteiger partial charge in [0.2, 0.25) is 0 Å². The number of ether oxygens (including phenoxy) is 1. The maximum atomic E-state index is 12.9. The molecule has 4 rings (SSSR count). The number of fused-ring (bicyclic) bond motifs is 1. The molecular weight excluding hydrogens is 399 g/mol. The van der Waals surface area contributed by atoms with Crippen LogP contribution in [0.15, 0.2) is 36.7 Å². The van der Waals surface area contributed by atoms with E-state index in [4.69, 9.17) is 4.74 Å². The van der Waals surface area contributed by atoms with Crippen LogP contribution < -0.4 is 15.4 Å². The molecule has 1 atom stereocenters. The molecule has 1 aliphatic rings. The summed E-state index contributed by atoms with van der Waals surface area (Å²) in [4.78, 5) is 20.6. The number of nitrogens with one attached hydrogen (secondary N) is 2. The van der Waals surface area contributed by atoms with Crippen molar-refractivity contribution in [3.63, 3.8) is 0 Å². The minimum Gasteiger partial charge on any atom is -0.491 e. The number of halogens is 3. The van der Waals surface area contributed by atoms with Crippen molar-refractivity contribution >= 4 is 17.2 Å². The third-order valence-electron chi connectivity index (χ3n) is 4.87. The number of pyridine rings is 2. The number of nitrogens with zero attached hydrogens (tertiary/aromatic N) is 3. The highest BCUT2D eigenvalue weighted by Crippen LogP contribution is 2.30. The van der Waals surface area contributed by atoms with Crippen molar-refractivity contribution in [2.45, 2.75) is 25.4 Å². The molecule has 0 saturated carbocycles. The lowest BCUT2D eigenvalue weighted by Crippen LogP contribution is -2.17.